The topological polar surface area (TPSA) is 86.5 Å². The number of rotatable bonds is 5. The van der Waals surface area contributed by atoms with Gasteiger partial charge in [0.2, 0.25) is 0 Å². The Hall–Kier alpha value is -3.53. The minimum Gasteiger partial charge on any atom is -0.266 e. The van der Waals surface area contributed by atoms with Crippen molar-refractivity contribution in [3.05, 3.63) is 77.6 Å². The molecular formula is C27H26F2N6OS. The molecule has 0 amide bonds. The van der Waals surface area contributed by atoms with E-state index in [0.29, 0.717) is 5.69 Å². The highest BCUT2D eigenvalue weighted by molar-refractivity contribution is 7.98. The predicted molar refractivity (Wildman–Crippen MR) is 138 cm³/mol. The van der Waals surface area contributed by atoms with Gasteiger partial charge in [0.05, 0.1) is 46.1 Å². The van der Waals surface area contributed by atoms with Crippen molar-refractivity contribution in [1.82, 2.24) is 29.9 Å². The monoisotopic (exact) mass is 520 g/mol. The molecule has 1 saturated carbocycles. The van der Waals surface area contributed by atoms with Crippen LogP contribution < -0.4 is 0 Å². The fourth-order valence-electron chi connectivity index (χ4n) is 6.31. The Balaban J connectivity index is 1.45. The van der Waals surface area contributed by atoms with Crippen molar-refractivity contribution in [2.75, 3.05) is 6.26 Å². The van der Waals surface area contributed by atoms with E-state index >= 15 is 0 Å². The lowest BCUT2D eigenvalue weighted by molar-refractivity contribution is 0.242. The van der Waals surface area contributed by atoms with Crippen LogP contribution in [0.5, 0.6) is 0 Å². The molecule has 190 valence electrons. The summed E-state index contributed by atoms with van der Waals surface area (Å²) in [6, 6.07) is 5.58. The van der Waals surface area contributed by atoms with E-state index in [4.69, 9.17) is 4.98 Å². The molecule has 2 aliphatic carbocycles. The van der Waals surface area contributed by atoms with Gasteiger partial charge < -0.3 is 0 Å². The number of hydrogen-bond acceptors (Lipinski definition) is 6. The van der Waals surface area contributed by atoms with Gasteiger partial charge in [-0.05, 0) is 63.3 Å². The Morgan fingerprint density at radius 2 is 1.89 bits per heavy atom. The van der Waals surface area contributed by atoms with Crippen molar-refractivity contribution in [1.29, 1.82) is 0 Å². The van der Waals surface area contributed by atoms with E-state index in [0.717, 1.165) is 35.4 Å². The van der Waals surface area contributed by atoms with Gasteiger partial charge >= 0.3 is 0 Å². The van der Waals surface area contributed by atoms with E-state index in [1.807, 2.05) is 0 Å². The smallest absolute Gasteiger partial charge is 0.135 e. The molecule has 3 aromatic heterocycles. The maximum Gasteiger partial charge on any atom is 0.135 e. The van der Waals surface area contributed by atoms with Crippen molar-refractivity contribution in [3.8, 4) is 22.5 Å². The largest absolute Gasteiger partial charge is 0.266 e. The van der Waals surface area contributed by atoms with Crippen LogP contribution in [0, 0.1) is 17.0 Å². The van der Waals surface area contributed by atoms with Crippen LogP contribution in [0.2, 0.25) is 0 Å². The van der Waals surface area contributed by atoms with Crippen LogP contribution in [0.25, 0.3) is 22.5 Å². The first-order chi connectivity index (χ1) is 17.5. The average molecular weight is 521 g/mol. The lowest BCUT2D eigenvalue weighted by atomic mass is 9.66. The minimum atomic E-state index is -2.25. The van der Waals surface area contributed by atoms with E-state index in [1.165, 1.54) is 18.2 Å². The van der Waals surface area contributed by atoms with Gasteiger partial charge in [-0.15, -0.1) is 5.10 Å². The standard InChI is InChI=1S/C27H26F2N6OS/c1-26(2)18-8-9-27(26,25-17(18)10-21(33-34-25)24-19(28)6-5-7-20(24)29)23-13-30-12-22(32-23)16-11-31-35(14-16)15-37(3,4)36/h5-7,10-14,18H,3,8-9,15H2,1-2,4H3/t18-,27-,37?/m0/s1. The summed E-state index contributed by atoms with van der Waals surface area (Å²) in [7, 11) is -2.25. The van der Waals surface area contributed by atoms with Gasteiger partial charge in [0.1, 0.15) is 17.5 Å². The summed E-state index contributed by atoms with van der Waals surface area (Å²) in [5, 5.41) is 13.2. The molecule has 4 aromatic rings. The van der Waals surface area contributed by atoms with Gasteiger partial charge in [0.25, 0.3) is 0 Å². The summed E-state index contributed by atoms with van der Waals surface area (Å²) >= 11 is 0. The summed E-state index contributed by atoms with van der Waals surface area (Å²) in [4.78, 5) is 9.53. The first-order valence-corrected chi connectivity index (χ1v) is 14.3. The lowest BCUT2D eigenvalue weighted by Crippen LogP contribution is -2.38. The first-order valence-electron chi connectivity index (χ1n) is 12.0. The molecule has 7 nitrogen and oxygen atoms in total. The quantitative estimate of drug-likeness (QED) is 0.358. The van der Waals surface area contributed by atoms with Crippen molar-refractivity contribution < 1.29 is 13.0 Å². The van der Waals surface area contributed by atoms with Crippen LogP contribution in [0.1, 0.15) is 49.6 Å². The molecule has 3 heterocycles. The Morgan fingerprint density at radius 1 is 1.14 bits per heavy atom. The zero-order valence-corrected chi connectivity index (χ0v) is 21.6. The lowest BCUT2D eigenvalue weighted by Gasteiger charge is -2.37. The maximum absolute atomic E-state index is 14.5. The molecule has 37 heavy (non-hydrogen) atoms. The van der Waals surface area contributed by atoms with E-state index in [9.17, 15) is 13.0 Å². The third kappa shape index (κ3) is 3.53. The van der Waals surface area contributed by atoms with Crippen LogP contribution in [-0.4, -0.2) is 46.3 Å². The molecule has 1 fully saturated rings. The second kappa shape index (κ2) is 7.98. The summed E-state index contributed by atoms with van der Waals surface area (Å²) in [5.74, 6) is 2.72. The zero-order chi connectivity index (χ0) is 26.2. The second-order valence-corrected chi connectivity index (χ2v) is 13.3. The molecule has 10 heteroatoms. The molecule has 3 atom stereocenters. The number of nitrogens with zero attached hydrogens (tertiary/aromatic N) is 6. The van der Waals surface area contributed by atoms with Gasteiger partial charge in [0.15, 0.2) is 0 Å². The molecule has 1 aromatic carbocycles. The fraction of sp³-hybridized carbons (Fsp3) is 0.333. The third-order valence-corrected chi connectivity index (χ3v) is 8.82. The van der Waals surface area contributed by atoms with Crippen molar-refractivity contribution >= 4 is 15.4 Å². The van der Waals surface area contributed by atoms with Crippen LogP contribution in [0.4, 0.5) is 8.78 Å². The number of fused-ring (bicyclic) bond motifs is 5. The summed E-state index contributed by atoms with van der Waals surface area (Å²) in [6.07, 6.45) is 10.2. The van der Waals surface area contributed by atoms with Crippen LogP contribution in [-0.2, 0) is 20.8 Å². The Bertz CT molecular complexity index is 1640. The number of hydrogen-bond donors (Lipinski definition) is 0. The zero-order valence-electron chi connectivity index (χ0n) is 20.8. The van der Waals surface area contributed by atoms with E-state index in [2.05, 4.69) is 40.0 Å². The van der Waals surface area contributed by atoms with E-state index in [-0.39, 0.29) is 28.5 Å². The minimum absolute atomic E-state index is 0.134. The highest BCUT2D eigenvalue weighted by Gasteiger charge is 2.65. The summed E-state index contributed by atoms with van der Waals surface area (Å²) in [6.45, 7) is 4.38. The van der Waals surface area contributed by atoms with E-state index < -0.39 is 26.6 Å². The summed E-state index contributed by atoms with van der Waals surface area (Å²) < 4.78 is 42.7. The normalized spacial score (nSPS) is 23.1. The number of benzene rings is 1. The molecule has 6 rings (SSSR count). The van der Waals surface area contributed by atoms with E-state index in [1.54, 1.807) is 41.8 Å². The van der Waals surface area contributed by atoms with Crippen molar-refractivity contribution in [3.63, 3.8) is 0 Å². The van der Waals surface area contributed by atoms with Gasteiger partial charge in [-0.1, -0.05) is 19.9 Å². The molecule has 2 bridgehead atoms. The van der Waals surface area contributed by atoms with Crippen LogP contribution in [0.15, 0.2) is 49.1 Å². The molecule has 0 N–H and O–H groups in total. The van der Waals surface area contributed by atoms with Crippen molar-refractivity contribution in [2.45, 2.75) is 43.9 Å². The van der Waals surface area contributed by atoms with Gasteiger partial charge in [-0.25, -0.2) is 13.8 Å². The highest BCUT2D eigenvalue weighted by atomic mass is 32.2. The molecule has 0 aliphatic heterocycles. The maximum atomic E-state index is 14.5. The highest BCUT2D eigenvalue weighted by Crippen LogP contribution is 2.69. The average Bonchev–Trinajstić information content (AvgIpc) is 3.45. The Morgan fingerprint density at radius 3 is 2.62 bits per heavy atom. The molecule has 0 spiro atoms. The van der Waals surface area contributed by atoms with Crippen LogP contribution >= 0.6 is 0 Å². The molecule has 1 unspecified atom stereocenters. The third-order valence-electron chi connectivity index (χ3n) is 8.01. The SMILES string of the molecule is C=S(C)(=O)Cn1cc(-c2cncc([C@@]34CC[C@@H](c5cc(-c6c(F)cccc6F)nnc53)C4(C)C)n2)cn1. The fourth-order valence-corrected chi connectivity index (χ4v) is 7.01. The van der Waals surface area contributed by atoms with Gasteiger partial charge in [-0.3, -0.25) is 13.9 Å². The predicted octanol–water partition coefficient (Wildman–Crippen LogP) is 4.58. The van der Waals surface area contributed by atoms with Gasteiger partial charge in [-0.2, -0.15) is 10.2 Å². The Kier molecular flexibility index (Phi) is 5.14. The molecule has 0 saturated heterocycles. The van der Waals surface area contributed by atoms with Crippen LogP contribution in [0.3, 0.4) is 0 Å². The number of halogens is 2. The number of aromatic nitrogens is 6. The molecular weight excluding hydrogens is 494 g/mol. The molecule has 0 radical (unpaired) electrons. The molecule has 2 aliphatic rings. The van der Waals surface area contributed by atoms with Gasteiger partial charge in [0, 0.05) is 24.2 Å². The summed E-state index contributed by atoms with van der Waals surface area (Å²) in [5.41, 5.74) is 3.15. The second-order valence-electron chi connectivity index (χ2n) is 10.7. The van der Waals surface area contributed by atoms with Crippen molar-refractivity contribution in [2.24, 2.45) is 5.41 Å². The Labute approximate surface area is 214 Å². The first kappa shape index (κ1) is 23.8.